The van der Waals surface area contributed by atoms with Crippen molar-refractivity contribution in [1.29, 1.82) is 0 Å². The van der Waals surface area contributed by atoms with Gasteiger partial charge in [0.15, 0.2) is 0 Å². The van der Waals surface area contributed by atoms with Crippen molar-refractivity contribution in [2.24, 2.45) is 5.10 Å². The maximum Gasteiger partial charge on any atom is 0.119 e. The minimum absolute atomic E-state index is 0.684. The van der Waals surface area contributed by atoms with Crippen molar-refractivity contribution in [2.45, 2.75) is 19.8 Å². The summed E-state index contributed by atoms with van der Waals surface area (Å²) in [4.78, 5) is 0. The number of unbranched alkanes of at least 4 members (excludes halogenated alkanes) is 1. The minimum atomic E-state index is 0.684. The summed E-state index contributed by atoms with van der Waals surface area (Å²) in [6.45, 7) is 2.91. The Kier molecular flexibility index (Phi) is 6.10. The molecule has 0 saturated heterocycles. The van der Waals surface area contributed by atoms with E-state index in [-0.39, 0.29) is 0 Å². The van der Waals surface area contributed by atoms with Gasteiger partial charge in [-0.1, -0.05) is 31.0 Å². The van der Waals surface area contributed by atoms with Crippen molar-refractivity contribution in [3.63, 3.8) is 0 Å². The Hall–Kier alpha value is -2.00. The van der Waals surface area contributed by atoms with E-state index in [2.05, 4.69) is 17.5 Å². The molecule has 2 rings (SSSR count). The van der Waals surface area contributed by atoms with E-state index < -0.39 is 0 Å². The van der Waals surface area contributed by atoms with Crippen LogP contribution in [-0.2, 0) is 0 Å². The van der Waals surface area contributed by atoms with Crippen LogP contribution in [0.3, 0.4) is 0 Å². The first-order valence-corrected chi connectivity index (χ1v) is 7.43. The molecule has 3 nitrogen and oxygen atoms in total. The standard InChI is InChI=1S/C17H19ClN2O/c1-2-3-11-21-17-9-7-14(8-10-17)13-19-20-16-6-4-5-15(18)12-16/h4-10,12-13,20H,2-3,11H2,1H3/b19-13+. The van der Waals surface area contributed by atoms with Crippen LogP contribution in [0.15, 0.2) is 53.6 Å². The highest BCUT2D eigenvalue weighted by Gasteiger charge is 1.94. The van der Waals surface area contributed by atoms with E-state index in [4.69, 9.17) is 16.3 Å². The fourth-order valence-corrected chi connectivity index (χ4v) is 1.91. The van der Waals surface area contributed by atoms with E-state index in [1.807, 2.05) is 48.5 Å². The number of hydrazone groups is 1. The zero-order chi connectivity index (χ0) is 14.9. The molecule has 0 heterocycles. The predicted octanol–water partition coefficient (Wildman–Crippen LogP) is 4.96. The van der Waals surface area contributed by atoms with Crippen molar-refractivity contribution in [3.8, 4) is 5.75 Å². The fraction of sp³-hybridized carbons (Fsp3) is 0.235. The number of benzene rings is 2. The normalized spacial score (nSPS) is 10.8. The topological polar surface area (TPSA) is 33.6 Å². The molecule has 0 radical (unpaired) electrons. The molecule has 0 bridgehead atoms. The molecule has 0 atom stereocenters. The number of hydrogen-bond donors (Lipinski definition) is 1. The third-order valence-electron chi connectivity index (χ3n) is 2.88. The molecule has 0 saturated carbocycles. The van der Waals surface area contributed by atoms with Gasteiger partial charge in [-0.05, 0) is 54.4 Å². The molecule has 2 aromatic rings. The Labute approximate surface area is 130 Å². The third-order valence-corrected chi connectivity index (χ3v) is 3.11. The lowest BCUT2D eigenvalue weighted by Gasteiger charge is -2.05. The Balaban J connectivity index is 1.86. The van der Waals surface area contributed by atoms with Gasteiger partial charge in [-0.25, -0.2) is 0 Å². The molecular weight excluding hydrogens is 284 g/mol. The van der Waals surface area contributed by atoms with Gasteiger partial charge >= 0.3 is 0 Å². The van der Waals surface area contributed by atoms with Gasteiger partial charge in [0.2, 0.25) is 0 Å². The zero-order valence-electron chi connectivity index (χ0n) is 12.1. The Morgan fingerprint density at radius 1 is 1.19 bits per heavy atom. The second-order valence-corrected chi connectivity index (χ2v) is 5.09. The average Bonchev–Trinajstić information content (AvgIpc) is 2.49. The third kappa shape index (κ3) is 5.48. The number of nitrogens with one attached hydrogen (secondary N) is 1. The summed E-state index contributed by atoms with van der Waals surface area (Å²) in [6, 6.07) is 15.3. The van der Waals surface area contributed by atoms with Crippen molar-refractivity contribution in [2.75, 3.05) is 12.0 Å². The monoisotopic (exact) mass is 302 g/mol. The summed E-state index contributed by atoms with van der Waals surface area (Å²) in [5, 5.41) is 4.87. The quantitative estimate of drug-likeness (QED) is 0.445. The Morgan fingerprint density at radius 2 is 2.00 bits per heavy atom. The van der Waals surface area contributed by atoms with Gasteiger partial charge in [0.25, 0.3) is 0 Å². The average molecular weight is 303 g/mol. The molecule has 0 amide bonds. The largest absolute Gasteiger partial charge is 0.494 e. The first kappa shape index (κ1) is 15.4. The maximum atomic E-state index is 5.90. The fourth-order valence-electron chi connectivity index (χ4n) is 1.72. The van der Waals surface area contributed by atoms with Gasteiger partial charge in [0.05, 0.1) is 18.5 Å². The van der Waals surface area contributed by atoms with Crippen LogP contribution in [0.4, 0.5) is 5.69 Å². The van der Waals surface area contributed by atoms with Crippen LogP contribution in [0.25, 0.3) is 0 Å². The molecule has 0 aromatic heterocycles. The predicted molar refractivity (Wildman–Crippen MR) is 89.5 cm³/mol. The summed E-state index contributed by atoms with van der Waals surface area (Å²) in [6.07, 6.45) is 3.98. The van der Waals surface area contributed by atoms with Crippen LogP contribution in [-0.4, -0.2) is 12.8 Å². The first-order chi connectivity index (χ1) is 10.3. The molecule has 2 aromatic carbocycles. The molecule has 0 fully saturated rings. The second-order valence-electron chi connectivity index (χ2n) is 4.65. The van der Waals surface area contributed by atoms with Gasteiger partial charge in [0, 0.05) is 5.02 Å². The van der Waals surface area contributed by atoms with E-state index in [1.165, 1.54) is 0 Å². The summed E-state index contributed by atoms with van der Waals surface area (Å²) in [5.41, 5.74) is 4.81. The van der Waals surface area contributed by atoms with Crippen LogP contribution in [0.2, 0.25) is 5.02 Å². The zero-order valence-corrected chi connectivity index (χ0v) is 12.8. The molecule has 0 aliphatic heterocycles. The number of nitrogens with zero attached hydrogens (tertiary/aromatic N) is 1. The van der Waals surface area contributed by atoms with Crippen LogP contribution < -0.4 is 10.2 Å². The summed E-state index contributed by atoms with van der Waals surface area (Å²) in [5.74, 6) is 0.892. The summed E-state index contributed by atoms with van der Waals surface area (Å²) < 4.78 is 5.61. The Morgan fingerprint density at radius 3 is 2.71 bits per heavy atom. The van der Waals surface area contributed by atoms with Crippen molar-refractivity contribution in [3.05, 3.63) is 59.1 Å². The van der Waals surface area contributed by atoms with Gasteiger partial charge in [-0.2, -0.15) is 5.10 Å². The molecule has 0 aliphatic carbocycles. The van der Waals surface area contributed by atoms with E-state index in [0.29, 0.717) is 5.02 Å². The lowest BCUT2D eigenvalue weighted by Crippen LogP contribution is -1.96. The first-order valence-electron chi connectivity index (χ1n) is 7.05. The maximum absolute atomic E-state index is 5.90. The molecule has 0 spiro atoms. The highest BCUT2D eigenvalue weighted by molar-refractivity contribution is 6.30. The highest BCUT2D eigenvalue weighted by Crippen LogP contribution is 2.15. The van der Waals surface area contributed by atoms with Gasteiger partial charge in [-0.15, -0.1) is 0 Å². The lowest BCUT2D eigenvalue weighted by molar-refractivity contribution is 0.309. The van der Waals surface area contributed by atoms with E-state index in [9.17, 15) is 0 Å². The number of halogens is 1. The van der Waals surface area contributed by atoms with Crippen LogP contribution >= 0.6 is 11.6 Å². The van der Waals surface area contributed by atoms with Crippen molar-refractivity contribution >= 4 is 23.5 Å². The van der Waals surface area contributed by atoms with Crippen molar-refractivity contribution < 1.29 is 4.74 Å². The molecule has 1 N–H and O–H groups in total. The highest BCUT2D eigenvalue weighted by atomic mass is 35.5. The van der Waals surface area contributed by atoms with E-state index in [1.54, 1.807) is 6.21 Å². The SMILES string of the molecule is CCCCOc1ccc(/C=N/Nc2cccc(Cl)c2)cc1. The lowest BCUT2D eigenvalue weighted by atomic mass is 10.2. The summed E-state index contributed by atoms with van der Waals surface area (Å²) in [7, 11) is 0. The molecular formula is C17H19ClN2O. The van der Waals surface area contributed by atoms with Crippen LogP contribution in [0, 0.1) is 0 Å². The number of rotatable bonds is 7. The molecule has 0 aliphatic rings. The van der Waals surface area contributed by atoms with E-state index in [0.717, 1.165) is 36.4 Å². The Bertz CT molecular complexity index is 582. The van der Waals surface area contributed by atoms with Crippen molar-refractivity contribution in [1.82, 2.24) is 0 Å². The van der Waals surface area contributed by atoms with Gasteiger partial charge in [-0.3, -0.25) is 5.43 Å². The van der Waals surface area contributed by atoms with E-state index >= 15 is 0 Å². The smallest absolute Gasteiger partial charge is 0.119 e. The molecule has 4 heteroatoms. The van der Waals surface area contributed by atoms with Gasteiger partial charge < -0.3 is 4.74 Å². The molecule has 110 valence electrons. The van der Waals surface area contributed by atoms with Gasteiger partial charge in [0.1, 0.15) is 5.75 Å². The molecule has 0 unspecified atom stereocenters. The van der Waals surface area contributed by atoms with Crippen LogP contribution in [0.5, 0.6) is 5.75 Å². The number of ether oxygens (including phenoxy) is 1. The number of anilines is 1. The number of hydrogen-bond acceptors (Lipinski definition) is 3. The van der Waals surface area contributed by atoms with Crippen LogP contribution in [0.1, 0.15) is 25.3 Å². The second kappa shape index (κ2) is 8.32. The summed E-state index contributed by atoms with van der Waals surface area (Å²) >= 11 is 5.90. The minimum Gasteiger partial charge on any atom is -0.494 e. The molecule has 21 heavy (non-hydrogen) atoms.